The quantitative estimate of drug-likeness (QED) is 0.840. The molecule has 1 atom stereocenters. The Morgan fingerprint density at radius 2 is 2.22 bits per heavy atom. The number of sulfonamides is 1. The largest absolute Gasteiger partial charge is 0.396 e. The van der Waals surface area contributed by atoms with Crippen LogP contribution in [0.2, 0.25) is 0 Å². The molecule has 0 spiro atoms. The summed E-state index contributed by atoms with van der Waals surface area (Å²) in [5, 5.41) is 8.89. The number of hydrogen-bond acceptors (Lipinski definition) is 6. The number of aliphatic hydroxyl groups is 1. The van der Waals surface area contributed by atoms with Gasteiger partial charge in [0, 0.05) is 13.2 Å². The van der Waals surface area contributed by atoms with Crippen LogP contribution in [0.3, 0.4) is 0 Å². The first-order valence-electron chi connectivity index (χ1n) is 5.36. The fraction of sp³-hybridized carbons (Fsp3) is 0.400. The summed E-state index contributed by atoms with van der Waals surface area (Å²) in [4.78, 5) is 0.124. The molecule has 1 aromatic carbocycles. The molecule has 1 heterocycles. The maximum absolute atomic E-state index is 12.1. The summed E-state index contributed by atoms with van der Waals surface area (Å²) in [6, 6.07) is 4.84. The summed E-state index contributed by atoms with van der Waals surface area (Å²) in [6.45, 7) is 1.88. The molecule has 0 aliphatic heterocycles. The molecule has 0 aliphatic rings. The summed E-state index contributed by atoms with van der Waals surface area (Å²) in [6.07, 6.45) is 0. The highest BCUT2D eigenvalue weighted by Gasteiger charge is 2.19. The highest BCUT2D eigenvalue weighted by Crippen LogP contribution is 2.20. The number of rotatable bonds is 5. The van der Waals surface area contributed by atoms with Gasteiger partial charge in [0.1, 0.15) is 15.9 Å². The molecular formula is C10H13N3O3S2. The van der Waals surface area contributed by atoms with Gasteiger partial charge in [0.25, 0.3) is 0 Å². The second-order valence-electron chi connectivity index (χ2n) is 4.03. The number of hydrogen-bond donors (Lipinski definition) is 2. The van der Waals surface area contributed by atoms with E-state index in [0.717, 1.165) is 11.7 Å². The van der Waals surface area contributed by atoms with E-state index in [2.05, 4.69) is 13.5 Å². The van der Waals surface area contributed by atoms with Gasteiger partial charge in [-0.2, -0.15) is 8.75 Å². The Labute approximate surface area is 109 Å². The van der Waals surface area contributed by atoms with Gasteiger partial charge < -0.3 is 5.11 Å². The first kappa shape index (κ1) is 13.3. The number of nitrogens with zero attached hydrogens (tertiary/aromatic N) is 2. The fourth-order valence-corrected chi connectivity index (χ4v) is 3.32. The Morgan fingerprint density at radius 3 is 2.94 bits per heavy atom. The molecule has 2 rings (SSSR count). The lowest BCUT2D eigenvalue weighted by atomic mass is 10.2. The van der Waals surface area contributed by atoms with Crippen molar-refractivity contribution in [3.8, 4) is 0 Å². The van der Waals surface area contributed by atoms with E-state index in [1.54, 1.807) is 19.1 Å². The molecule has 98 valence electrons. The Bertz CT molecular complexity index is 639. The Balaban J connectivity index is 2.32. The molecule has 8 heteroatoms. The van der Waals surface area contributed by atoms with Crippen molar-refractivity contribution in [3.05, 3.63) is 18.2 Å². The predicted molar refractivity (Wildman–Crippen MR) is 68.9 cm³/mol. The molecular weight excluding hydrogens is 274 g/mol. The molecule has 0 bridgehead atoms. The smallest absolute Gasteiger partial charge is 0.242 e. The van der Waals surface area contributed by atoms with Crippen LogP contribution in [0.5, 0.6) is 0 Å². The van der Waals surface area contributed by atoms with Crippen LogP contribution in [0.15, 0.2) is 23.1 Å². The van der Waals surface area contributed by atoms with Crippen LogP contribution < -0.4 is 4.72 Å². The highest BCUT2D eigenvalue weighted by atomic mass is 32.2. The molecule has 2 N–H and O–H groups in total. The highest BCUT2D eigenvalue weighted by molar-refractivity contribution is 7.89. The molecule has 0 saturated carbocycles. The van der Waals surface area contributed by atoms with Gasteiger partial charge in [0.05, 0.1) is 11.7 Å². The summed E-state index contributed by atoms with van der Waals surface area (Å²) < 4.78 is 34.7. The maximum atomic E-state index is 12.1. The van der Waals surface area contributed by atoms with E-state index in [1.807, 2.05) is 0 Å². The molecule has 1 unspecified atom stereocenters. The molecule has 0 amide bonds. The first-order valence-corrected chi connectivity index (χ1v) is 7.58. The van der Waals surface area contributed by atoms with Crippen LogP contribution in [-0.4, -0.2) is 35.4 Å². The van der Waals surface area contributed by atoms with Gasteiger partial charge in [-0.25, -0.2) is 13.1 Å². The van der Waals surface area contributed by atoms with Crippen molar-refractivity contribution in [2.75, 3.05) is 13.2 Å². The van der Waals surface area contributed by atoms with E-state index in [9.17, 15) is 8.42 Å². The summed E-state index contributed by atoms with van der Waals surface area (Å²) in [5.41, 5.74) is 0.949. The normalized spacial score (nSPS) is 13.9. The Kier molecular flexibility index (Phi) is 3.91. The minimum Gasteiger partial charge on any atom is -0.396 e. The molecule has 6 nitrogen and oxygen atoms in total. The molecule has 0 aliphatic carbocycles. The molecule has 0 radical (unpaired) electrons. The lowest BCUT2D eigenvalue weighted by molar-refractivity contribution is 0.238. The van der Waals surface area contributed by atoms with Crippen LogP contribution in [0, 0.1) is 5.92 Å². The summed E-state index contributed by atoms with van der Waals surface area (Å²) >= 11 is 0.980. The standard InChI is InChI=1S/C10H13N3O3S2/c1-7(6-14)5-11-18(15,16)9-4-2-3-8-10(9)13-17-12-8/h2-4,7,11,14H,5-6H2,1H3. The number of aromatic nitrogens is 2. The lowest BCUT2D eigenvalue weighted by Gasteiger charge is -2.10. The van der Waals surface area contributed by atoms with Crippen molar-refractivity contribution < 1.29 is 13.5 Å². The van der Waals surface area contributed by atoms with Crippen molar-refractivity contribution in [2.24, 2.45) is 5.92 Å². The average molecular weight is 287 g/mol. The zero-order valence-electron chi connectivity index (χ0n) is 9.70. The zero-order valence-corrected chi connectivity index (χ0v) is 11.3. The summed E-state index contributed by atoms with van der Waals surface area (Å²) in [5.74, 6) is -0.132. The van der Waals surface area contributed by atoms with Crippen LogP contribution in [0.4, 0.5) is 0 Å². The maximum Gasteiger partial charge on any atom is 0.242 e. The van der Waals surface area contributed by atoms with E-state index < -0.39 is 10.0 Å². The van der Waals surface area contributed by atoms with Crippen LogP contribution in [0.25, 0.3) is 11.0 Å². The van der Waals surface area contributed by atoms with Gasteiger partial charge in [-0.1, -0.05) is 13.0 Å². The average Bonchev–Trinajstić information content (AvgIpc) is 2.83. The number of aliphatic hydroxyl groups excluding tert-OH is 1. The number of nitrogens with one attached hydrogen (secondary N) is 1. The second-order valence-corrected chi connectivity index (χ2v) is 6.29. The van der Waals surface area contributed by atoms with Crippen molar-refractivity contribution in [3.63, 3.8) is 0 Å². The third kappa shape index (κ3) is 2.66. The number of benzene rings is 1. The van der Waals surface area contributed by atoms with Gasteiger partial charge in [-0.05, 0) is 18.1 Å². The van der Waals surface area contributed by atoms with E-state index in [4.69, 9.17) is 5.11 Å². The van der Waals surface area contributed by atoms with Gasteiger partial charge in [0.15, 0.2) is 0 Å². The van der Waals surface area contributed by atoms with Gasteiger partial charge in [0.2, 0.25) is 10.0 Å². The van der Waals surface area contributed by atoms with Crippen molar-refractivity contribution in [1.29, 1.82) is 0 Å². The molecule has 18 heavy (non-hydrogen) atoms. The molecule has 1 aromatic heterocycles. The third-order valence-electron chi connectivity index (χ3n) is 2.47. The minimum atomic E-state index is -3.62. The predicted octanol–water partition coefficient (Wildman–Crippen LogP) is 0.598. The monoisotopic (exact) mass is 287 g/mol. The molecule has 0 fully saturated rings. The van der Waals surface area contributed by atoms with E-state index in [1.165, 1.54) is 6.07 Å². The van der Waals surface area contributed by atoms with Gasteiger partial charge in [-0.3, -0.25) is 0 Å². The van der Waals surface area contributed by atoms with Crippen molar-refractivity contribution >= 4 is 32.8 Å². The Morgan fingerprint density at radius 1 is 1.44 bits per heavy atom. The first-order chi connectivity index (χ1) is 8.54. The number of fused-ring (bicyclic) bond motifs is 1. The van der Waals surface area contributed by atoms with E-state index in [-0.39, 0.29) is 24.0 Å². The second kappa shape index (κ2) is 5.27. The Hall–Kier alpha value is -1.09. The minimum absolute atomic E-state index is 0.0645. The lowest BCUT2D eigenvalue weighted by Crippen LogP contribution is -2.29. The van der Waals surface area contributed by atoms with Crippen LogP contribution in [-0.2, 0) is 10.0 Å². The van der Waals surface area contributed by atoms with Gasteiger partial charge >= 0.3 is 0 Å². The van der Waals surface area contributed by atoms with Crippen molar-refractivity contribution in [2.45, 2.75) is 11.8 Å². The summed E-state index contributed by atoms with van der Waals surface area (Å²) in [7, 11) is -3.62. The topological polar surface area (TPSA) is 92.2 Å². The van der Waals surface area contributed by atoms with E-state index >= 15 is 0 Å². The van der Waals surface area contributed by atoms with Crippen LogP contribution in [0.1, 0.15) is 6.92 Å². The fourth-order valence-electron chi connectivity index (χ4n) is 1.39. The van der Waals surface area contributed by atoms with Crippen LogP contribution >= 0.6 is 11.7 Å². The third-order valence-corrected chi connectivity index (χ3v) is 4.47. The van der Waals surface area contributed by atoms with E-state index in [0.29, 0.717) is 11.0 Å². The van der Waals surface area contributed by atoms with Gasteiger partial charge in [-0.15, -0.1) is 0 Å². The zero-order chi connectivity index (χ0) is 13.2. The SMILES string of the molecule is CC(CO)CNS(=O)(=O)c1cccc2nsnc12. The van der Waals surface area contributed by atoms with Crippen molar-refractivity contribution in [1.82, 2.24) is 13.5 Å². The molecule has 2 aromatic rings. The molecule has 0 saturated heterocycles.